The van der Waals surface area contributed by atoms with Crippen LogP contribution in [0.4, 0.5) is 0 Å². The first-order chi connectivity index (χ1) is 12.6. The first-order valence-electron chi connectivity index (χ1n) is 8.50. The number of carbonyl (C=O) groups is 2. The molecule has 1 rings (SSSR count). The van der Waals surface area contributed by atoms with Gasteiger partial charge in [-0.3, -0.25) is 9.59 Å². The quantitative estimate of drug-likeness (QED) is 0.365. The van der Waals surface area contributed by atoms with E-state index < -0.39 is 5.97 Å². The van der Waals surface area contributed by atoms with Gasteiger partial charge in [-0.15, -0.1) is 0 Å². The smallest absolute Gasteiger partial charge is 0.304 e. The van der Waals surface area contributed by atoms with Crippen LogP contribution < -0.4 is 14.8 Å². The van der Waals surface area contributed by atoms with Gasteiger partial charge < -0.3 is 19.9 Å². The number of ether oxygens (including phenoxy) is 2. The monoisotopic (exact) mass is 401 g/mol. The van der Waals surface area contributed by atoms with E-state index >= 15 is 0 Å². The zero-order valence-electron chi connectivity index (χ0n) is 15.3. The molecule has 146 valence electrons. The summed E-state index contributed by atoms with van der Waals surface area (Å²) in [6.45, 7) is 0.610. The zero-order valence-corrected chi connectivity index (χ0v) is 16.9. The Bertz CT molecular complexity index is 569. The van der Waals surface area contributed by atoms with Gasteiger partial charge in [0, 0.05) is 24.5 Å². The first-order valence-corrected chi connectivity index (χ1v) is 11.0. The van der Waals surface area contributed by atoms with E-state index in [4.69, 9.17) is 14.6 Å². The Balaban J connectivity index is 2.08. The maximum absolute atomic E-state index is 11.8. The number of benzene rings is 1. The summed E-state index contributed by atoms with van der Waals surface area (Å²) in [5.74, 6) is 2.09. The number of nitrogens with one attached hydrogen (secondary N) is 1. The third-order valence-electron chi connectivity index (χ3n) is 3.56. The number of aryl methyl sites for hydroxylation is 1. The summed E-state index contributed by atoms with van der Waals surface area (Å²) in [4.78, 5) is 22.1. The number of methoxy groups -OCH3 is 2. The molecular formula is C18H27NO5S2. The highest BCUT2D eigenvalue weighted by Crippen LogP contribution is 2.28. The van der Waals surface area contributed by atoms with Crippen molar-refractivity contribution < 1.29 is 24.2 Å². The minimum absolute atomic E-state index is 0.0634. The van der Waals surface area contributed by atoms with Crippen LogP contribution in [0.5, 0.6) is 11.5 Å². The maximum atomic E-state index is 11.8. The third-order valence-corrected chi connectivity index (χ3v) is 5.97. The molecule has 2 N–H and O–H groups in total. The van der Waals surface area contributed by atoms with Crippen molar-refractivity contribution in [3.63, 3.8) is 0 Å². The van der Waals surface area contributed by atoms with Gasteiger partial charge in [0.1, 0.15) is 0 Å². The highest BCUT2D eigenvalue weighted by Gasteiger charge is 2.05. The molecule has 0 aliphatic heterocycles. The summed E-state index contributed by atoms with van der Waals surface area (Å²) in [5, 5.41) is 11.4. The second-order valence-electron chi connectivity index (χ2n) is 5.53. The van der Waals surface area contributed by atoms with Crippen molar-refractivity contribution in [1.82, 2.24) is 5.32 Å². The molecule has 0 spiro atoms. The van der Waals surface area contributed by atoms with E-state index in [-0.39, 0.29) is 12.3 Å². The lowest BCUT2D eigenvalue weighted by Gasteiger charge is -2.09. The van der Waals surface area contributed by atoms with Crippen LogP contribution in [0, 0.1) is 0 Å². The molecule has 0 saturated carbocycles. The van der Waals surface area contributed by atoms with Gasteiger partial charge in [-0.1, -0.05) is 27.7 Å². The molecule has 26 heavy (non-hydrogen) atoms. The number of carboxylic acid groups (broad SMARTS) is 1. The van der Waals surface area contributed by atoms with Gasteiger partial charge >= 0.3 is 5.97 Å². The molecule has 0 saturated heterocycles. The predicted molar refractivity (Wildman–Crippen MR) is 107 cm³/mol. The molecule has 0 fully saturated rings. The van der Waals surface area contributed by atoms with E-state index in [2.05, 4.69) is 5.32 Å². The summed E-state index contributed by atoms with van der Waals surface area (Å²) < 4.78 is 10.5. The van der Waals surface area contributed by atoms with Crippen molar-refractivity contribution in [3.8, 4) is 11.5 Å². The minimum Gasteiger partial charge on any atom is -0.493 e. The molecule has 1 amide bonds. The topological polar surface area (TPSA) is 84.9 Å². The van der Waals surface area contributed by atoms with E-state index in [0.29, 0.717) is 18.7 Å². The van der Waals surface area contributed by atoms with Crippen LogP contribution in [0.3, 0.4) is 0 Å². The normalized spacial score (nSPS) is 10.4. The lowest BCUT2D eigenvalue weighted by atomic mass is 10.1. The SMILES string of the molecule is COc1ccc(CCCCC(=O)NCCSSCCC(=O)O)cc1OC. The van der Waals surface area contributed by atoms with E-state index in [1.165, 1.54) is 10.8 Å². The lowest BCUT2D eigenvalue weighted by molar-refractivity contribution is -0.136. The van der Waals surface area contributed by atoms with Gasteiger partial charge in [0.15, 0.2) is 11.5 Å². The summed E-state index contributed by atoms with van der Waals surface area (Å²) in [5.41, 5.74) is 1.16. The fourth-order valence-electron chi connectivity index (χ4n) is 2.22. The number of carboxylic acids is 1. The van der Waals surface area contributed by atoms with Gasteiger partial charge in [-0.25, -0.2) is 0 Å². The first kappa shape index (κ1) is 22.5. The molecule has 0 unspecified atom stereocenters. The second-order valence-corrected chi connectivity index (χ2v) is 8.24. The number of unbranched alkanes of at least 4 members (excludes halogenated alkanes) is 1. The Morgan fingerprint density at radius 3 is 2.46 bits per heavy atom. The molecule has 0 aliphatic rings. The lowest BCUT2D eigenvalue weighted by Crippen LogP contribution is -2.25. The number of aliphatic carboxylic acids is 1. The molecule has 0 heterocycles. The number of rotatable bonds is 14. The summed E-state index contributed by atoms with van der Waals surface area (Å²) >= 11 is 0. The Morgan fingerprint density at radius 2 is 1.77 bits per heavy atom. The van der Waals surface area contributed by atoms with Gasteiger partial charge in [-0.2, -0.15) is 0 Å². The minimum atomic E-state index is -0.778. The largest absolute Gasteiger partial charge is 0.493 e. The molecule has 0 aliphatic carbocycles. The van der Waals surface area contributed by atoms with Gasteiger partial charge in [0.25, 0.3) is 0 Å². The molecule has 0 radical (unpaired) electrons. The van der Waals surface area contributed by atoms with Crippen molar-refractivity contribution in [2.75, 3.05) is 32.3 Å². The molecule has 1 aromatic rings. The second kappa shape index (κ2) is 13.6. The van der Waals surface area contributed by atoms with E-state index in [0.717, 1.165) is 42.1 Å². The molecule has 0 bridgehead atoms. The van der Waals surface area contributed by atoms with Crippen LogP contribution in [0.25, 0.3) is 0 Å². The van der Waals surface area contributed by atoms with Crippen molar-refractivity contribution in [1.29, 1.82) is 0 Å². The van der Waals surface area contributed by atoms with Crippen LogP contribution >= 0.6 is 21.6 Å². The molecular weight excluding hydrogens is 374 g/mol. The molecule has 0 atom stereocenters. The molecule has 6 nitrogen and oxygen atoms in total. The number of hydrogen-bond donors (Lipinski definition) is 2. The van der Waals surface area contributed by atoms with Crippen molar-refractivity contribution in [2.24, 2.45) is 0 Å². The van der Waals surface area contributed by atoms with E-state index in [1.54, 1.807) is 25.0 Å². The van der Waals surface area contributed by atoms with Crippen LogP contribution in [0.15, 0.2) is 18.2 Å². The van der Waals surface area contributed by atoms with Crippen LogP contribution in [-0.4, -0.2) is 49.3 Å². The Kier molecular flexibility index (Phi) is 11.8. The van der Waals surface area contributed by atoms with Gasteiger partial charge in [0.2, 0.25) is 5.91 Å². The van der Waals surface area contributed by atoms with E-state index in [9.17, 15) is 9.59 Å². The maximum Gasteiger partial charge on any atom is 0.304 e. The Hall–Kier alpha value is -1.54. The van der Waals surface area contributed by atoms with Gasteiger partial charge in [-0.05, 0) is 37.0 Å². The summed E-state index contributed by atoms with van der Waals surface area (Å²) in [7, 11) is 6.34. The molecule has 0 aromatic heterocycles. The van der Waals surface area contributed by atoms with Gasteiger partial charge in [0.05, 0.1) is 20.6 Å². The fourth-order valence-corrected chi connectivity index (χ4v) is 4.10. The Morgan fingerprint density at radius 1 is 1.04 bits per heavy atom. The van der Waals surface area contributed by atoms with Crippen LogP contribution in [0.1, 0.15) is 31.2 Å². The summed E-state index contributed by atoms with van der Waals surface area (Å²) in [6, 6.07) is 5.88. The summed E-state index contributed by atoms with van der Waals surface area (Å²) in [6.07, 6.45) is 3.35. The molecule has 8 heteroatoms. The van der Waals surface area contributed by atoms with Crippen molar-refractivity contribution in [2.45, 2.75) is 32.1 Å². The van der Waals surface area contributed by atoms with E-state index in [1.807, 2.05) is 18.2 Å². The van der Waals surface area contributed by atoms with Crippen molar-refractivity contribution >= 4 is 33.5 Å². The average Bonchev–Trinajstić information content (AvgIpc) is 2.64. The predicted octanol–water partition coefficient (Wildman–Crippen LogP) is 3.39. The number of amides is 1. The highest BCUT2D eigenvalue weighted by atomic mass is 33.1. The van der Waals surface area contributed by atoms with Crippen molar-refractivity contribution in [3.05, 3.63) is 23.8 Å². The average molecular weight is 402 g/mol. The highest BCUT2D eigenvalue weighted by molar-refractivity contribution is 8.76. The third kappa shape index (κ3) is 9.82. The van der Waals surface area contributed by atoms with Crippen LogP contribution in [-0.2, 0) is 16.0 Å². The fraction of sp³-hybridized carbons (Fsp3) is 0.556. The molecule has 1 aromatic carbocycles. The number of hydrogen-bond acceptors (Lipinski definition) is 6. The standard InChI is InChI=1S/C18H27NO5S2/c1-23-15-8-7-14(13-16(15)24-2)5-3-4-6-17(20)19-10-12-26-25-11-9-18(21)22/h7-8,13H,3-6,9-12H2,1-2H3,(H,19,20)(H,21,22). The zero-order chi connectivity index (χ0) is 19.2. The van der Waals surface area contributed by atoms with Crippen LogP contribution in [0.2, 0.25) is 0 Å². The number of carbonyl (C=O) groups excluding carboxylic acids is 1. The Labute approximate surface area is 162 Å².